The van der Waals surface area contributed by atoms with Crippen molar-refractivity contribution in [3.8, 4) is 0 Å². The predicted octanol–water partition coefficient (Wildman–Crippen LogP) is 1.62. The summed E-state index contributed by atoms with van der Waals surface area (Å²) in [6.07, 6.45) is 6.79. The third kappa shape index (κ3) is 8.59. The normalized spacial score (nSPS) is 16.2. The molecule has 1 aliphatic heterocycles. The third-order valence-corrected chi connectivity index (χ3v) is 3.47. The number of hydrogen-bond donors (Lipinski definition) is 2. The van der Waals surface area contributed by atoms with E-state index >= 15 is 0 Å². The van der Waals surface area contributed by atoms with Gasteiger partial charge in [0.25, 0.3) is 0 Å². The maximum Gasteiger partial charge on any atom is 0.303 e. The van der Waals surface area contributed by atoms with Gasteiger partial charge in [0, 0.05) is 19.4 Å². The summed E-state index contributed by atoms with van der Waals surface area (Å²) in [6, 6.07) is 0. The zero-order chi connectivity index (χ0) is 13.9. The van der Waals surface area contributed by atoms with Gasteiger partial charge in [-0.15, -0.1) is 0 Å². The molecule has 0 spiro atoms. The van der Waals surface area contributed by atoms with E-state index in [0.717, 1.165) is 19.5 Å². The lowest BCUT2D eigenvalue weighted by Gasteiger charge is -2.26. The first kappa shape index (κ1) is 16.0. The Labute approximate surface area is 115 Å². The number of nitrogens with one attached hydrogen (secondary N) is 1. The Bertz CT molecular complexity index is 276. The molecule has 19 heavy (non-hydrogen) atoms. The van der Waals surface area contributed by atoms with Gasteiger partial charge in [0.1, 0.15) is 0 Å². The summed E-state index contributed by atoms with van der Waals surface area (Å²) in [5.74, 6) is -0.744. The summed E-state index contributed by atoms with van der Waals surface area (Å²) in [4.78, 5) is 24.2. The molecule has 0 aromatic heterocycles. The van der Waals surface area contributed by atoms with Crippen LogP contribution in [0.25, 0.3) is 0 Å². The molecular weight excluding hydrogens is 244 g/mol. The fourth-order valence-electron chi connectivity index (χ4n) is 2.36. The molecule has 1 heterocycles. The largest absolute Gasteiger partial charge is 0.481 e. The van der Waals surface area contributed by atoms with Crippen molar-refractivity contribution >= 4 is 11.9 Å². The van der Waals surface area contributed by atoms with Crippen molar-refractivity contribution in [1.29, 1.82) is 0 Å². The van der Waals surface area contributed by atoms with Crippen LogP contribution in [0.2, 0.25) is 0 Å². The highest BCUT2D eigenvalue weighted by atomic mass is 16.4. The number of unbranched alkanes of at least 4 members (excludes halogenated alkanes) is 1. The summed E-state index contributed by atoms with van der Waals surface area (Å²) in [5, 5.41) is 11.4. The molecule has 5 heteroatoms. The number of aliphatic carboxylic acids is 1. The van der Waals surface area contributed by atoms with Crippen molar-refractivity contribution < 1.29 is 14.7 Å². The summed E-state index contributed by atoms with van der Waals surface area (Å²) in [5.41, 5.74) is 0. The van der Waals surface area contributed by atoms with Crippen LogP contribution in [0.4, 0.5) is 0 Å². The van der Waals surface area contributed by atoms with E-state index in [0.29, 0.717) is 19.3 Å². The van der Waals surface area contributed by atoms with Crippen LogP contribution < -0.4 is 5.32 Å². The number of rotatable bonds is 9. The van der Waals surface area contributed by atoms with Crippen LogP contribution in [0.1, 0.15) is 51.4 Å². The second kappa shape index (κ2) is 9.78. The van der Waals surface area contributed by atoms with Crippen molar-refractivity contribution in [3.05, 3.63) is 0 Å². The summed E-state index contributed by atoms with van der Waals surface area (Å²) < 4.78 is 0. The molecule has 0 atom stereocenters. The molecule has 1 amide bonds. The van der Waals surface area contributed by atoms with Gasteiger partial charge in [0.2, 0.25) is 5.91 Å². The summed E-state index contributed by atoms with van der Waals surface area (Å²) in [7, 11) is 0. The number of likely N-dealkylation sites (tertiary alicyclic amines) is 1. The van der Waals surface area contributed by atoms with Gasteiger partial charge in [0.05, 0.1) is 0 Å². The smallest absolute Gasteiger partial charge is 0.303 e. The highest BCUT2D eigenvalue weighted by Gasteiger charge is 2.09. The Balaban J connectivity index is 1.90. The lowest BCUT2D eigenvalue weighted by atomic mass is 10.1. The molecule has 1 fully saturated rings. The van der Waals surface area contributed by atoms with Crippen LogP contribution in [0.15, 0.2) is 0 Å². The lowest BCUT2D eigenvalue weighted by Crippen LogP contribution is -2.33. The van der Waals surface area contributed by atoms with Crippen LogP contribution in [0.5, 0.6) is 0 Å². The highest BCUT2D eigenvalue weighted by molar-refractivity contribution is 5.75. The first-order valence-corrected chi connectivity index (χ1v) is 7.39. The molecule has 0 unspecified atom stereocenters. The minimum atomic E-state index is -0.790. The van der Waals surface area contributed by atoms with Crippen LogP contribution in [-0.2, 0) is 9.59 Å². The minimum absolute atomic E-state index is 0.0454. The third-order valence-electron chi connectivity index (χ3n) is 3.47. The quantitative estimate of drug-likeness (QED) is 0.625. The number of nitrogens with zero attached hydrogens (tertiary/aromatic N) is 1. The predicted molar refractivity (Wildman–Crippen MR) is 74.0 cm³/mol. The fourth-order valence-corrected chi connectivity index (χ4v) is 2.36. The highest BCUT2D eigenvalue weighted by Crippen LogP contribution is 2.08. The Kier molecular flexibility index (Phi) is 8.21. The maximum absolute atomic E-state index is 11.5. The zero-order valence-electron chi connectivity index (χ0n) is 11.7. The van der Waals surface area contributed by atoms with Crippen LogP contribution in [0.3, 0.4) is 0 Å². The lowest BCUT2D eigenvalue weighted by molar-refractivity contribution is -0.137. The topological polar surface area (TPSA) is 69.6 Å². The molecule has 110 valence electrons. The SMILES string of the molecule is O=C(O)CCCCC(=O)NCCCN1CCCCC1. The number of carbonyl (C=O) groups excluding carboxylic acids is 1. The molecule has 1 aliphatic rings. The van der Waals surface area contributed by atoms with Gasteiger partial charge in [-0.05, 0) is 51.7 Å². The molecule has 0 aliphatic carbocycles. The Hall–Kier alpha value is -1.10. The van der Waals surface area contributed by atoms with E-state index in [1.165, 1.54) is 32.4 Å². The van der Waals surface area contributed by atoms with E-state index in [9.17, 15) is 9.59 Å². The number of hydrogen-bond acceptors (Lipinski definition) is 3. The zero-order valence-corrected chi connectivity index (χ0v) is 11.7. The van der Waals surface area contributed by atoms with Crippen molar-refractivity contribution in [3.63, 3.8) is 0 Å². The maximum atomic E-state index is 11.5. The van der Waals surface area contributed by atoms with E-state index in [-0.39, 0.29) is 12.3 Å². The number of amides is 1. The van der Waals surface area contributed by atoms with Gasteiger partial charge in [-0.1, -0.05) is 6.42 Å². The molecule has 1 rings (SSSR count). The first-order chi connectivity index (χ1) is 9.18. The van der Waals surface area contributed by atoms with Crippen molar-refractivity contribution in [2.24, 2.45) is 0 Å². The first-order valence-electron chi connectivity index (χ1n) is 7.39. The molecule has 0 radical (unpaired) electrons. The van der Waals surface area contributed by atoms with Gasteiger partial charge >= 0.3 is 5.97 Å². The van der Waals surface area contributed by atoms with Crippen LogP contribution in [-0.4, -0.2) is 48.1 Å². The van der Waals surface area contributed by atoms with Crippen molar-refractivity contribution in [2.75, 3.05) is 26.2 Å². The fraction of sp³-hybridized carbons (Fsp3) is 0.857. The Morgan fingerprint density at radius 1 is 1.00 bits per heavy atom. The number of carboxylic acids is 1. The van der Waals surface area contributed by atoms with E-state index in [2.05, 4.69) is 10.2 Å². The average molecular weight is 270 g/mol. The van der Waals surface area contributed by atoms with Crippen molar-refractivity contribution in [1.82, 2.24) is 10.2 Å². The number of carboxylic acid groups (broad SMARTS) is 1. The van der Waals surface area contributed by atoms with E-state index in [1.54, 1.807) is 0 Å². The molecule has 0 saturated carbocycles. The molecule has 0 aromatic carbocycles. The van der Waals surface area contributed by atoms with Crippen molar-refractivity contribution in [2.45, 2.75) is 51.4 Å². The standard InChI is InChI=1S/C14H26N2O3/c17-13(7-2-3-8-14(18)19)15-9-6-12-16-10-4-1-5-11-16/h1-12H2,(H,15,17)(H,18,19). The summed E-state index contributed by atoms with van der Waals surface area (Å²) >= 11 is 0. The number of carbonyl (C=O) groups is 2. The molecule has 2 N–H and O–H groups in total. The van der Waals surface area contributed by atoms with Gasteiger partial charge in [0.15, 0.2) is 0 Å². The van der Waals surface area contributed by atoms with Gasteiger partial charge in [-0.2, -0.15) is 0 Å². The second-order valence-electron chi connectivity index (χ2n) is 5.21. The Morgan fingerprint density at radius 3 is 2.37 bits per heavy atom. The molecule has 5 nitrogen and oxygen atoms in total. The van der Waals surface area contributed by atoms with E-state index < -0.39 is 5.97 Å². The second-order valence-corrected chi connectivity index (χ2v) is 5.21. The minimum Gasteiger partial charge on any atom is -0.481 e. The van der Waals surface area contributed by atoms with Gasteiger partial charge < -0.3 is 15.3 Å². The summed E-state index contributed by atoms with van der Waals surface area (Å²) in [6.45, 7) is 4.19. The molecular formula is C14H26N2O3. The van der Waals surface area contributed by atoms with Crippen LogP contribution >= 0.6 is 0 Å². The van der Waals surface area contributed by atoms with E-state index in [1.807, 2.05) is 0 Å². The monoisotopic (exact) mass is 270 g/mol. The number of piperidine rings is 1. The average Bonchev–Trinajstić information content (AvgIpc) is 2.41. The van der Waals surface area contributed by atoms with Gasteiger partial charge in [-0.3, -0.25) is 9.59 Å². The molecule has 1 saturated heterocycles. The van der Waals surface area contributed by atoms with E-state index in [4.69, 9.17) is 5.11 Å². The van der Waals surface area contributed by atoms with Gasteiger partial charge in [-0.25, -0.2) is 0 Å². The molecule has 0 aromatic rings. The van der Waals surface area contributed by atoms with Crippen LogP contribution in [0, 0.1) is 0 Å². The molecule has 0 bridgehead atoms. The Morgan fingerprint density at radius 2 is 1.68 bits per heavy atom.